The number of hydrogen-bond acceptors (Lipinski definition) is 4. The van der Waals surface area contributed by atoms with Gasteiger partial charge < -0.3 is 9.51 Å². The van der Waals surface area contributed by atoms with Crippen LogP contribution in [0.2, 0.25) is 0 Å². The number of imidazole rings is 1. The summed E-state index contributed by atoms with van der Waals surface area (Å²) in [5.74, 6) is 0.914. The Kier molecular flexibility index (Phi) is 4.24. The van der Waals surface area contributed by atoms with Gasteiger partial charge in [0.1, 0.15) is 0 Å². The minimum Gasteiger partial charge on any atom is -0.334 e. The topological polar surface area (TPSA) is 76.7 Å². The molecule has 136 valence electrons. The summed E-state index contributed by atoms with van der Waals surface area (Å²) in [6.07, 6.45) is 3.72. The highest BCUT2D eigenvalue weighted by atomic mass is 16.5. The predicted molar refractivity (Wildman–Crippen MR) is 106 cm³/mol. The molecule has 4 rings (SSSR count). The fourth-order valence-corrected chi connectivity index (χ4v) is 3.05. The molecular weight excluding hydrogens is 340 g/mol. The molecule has 27 heavy (non-hydrogen) atoms. The average Bonchev–Trinajstić information content (AvgIpc) is 3.24. The predicted octanol–water partition coefficient (Wildman–Crippen LogP) is 4.44. The van der Waals surface area contributed by atoms with E-state index >= 15 is 0 Å². The molecule has 2 aromatic heterocycles. The zero-order chi connectivity index (χ0) is 19.0. The maximum Gasteiger partial charge on any atom is 0.326 e. The van der Waals surface area contributed by atoms with Gasteiger partial charge in [-0.05, 0) is 50.6 Å². The third-order valence-corrected chi connectivity index (χ3v) is 4.43. The van der Waals surface area contributed by atoms with Crippen molar-refractivity contribution >= 4 is 23.2 Å². The fourth-order valence-electron chi connectivity index (χ4n) is 3.05. The summed E-state index contributed by atoms with van der Waals surface area (Å²) in [7, 11) is 0. The highest BCUT2D eigenvalue weighted by Gasteiger charge is 2.12. The third-order valence-electron chi connectivity index (χ3n) is 4.43. The molecular formula is C21H20N4O2. The minimum atomic E-state index is -0.119. The number of H-pyrrole nitrogens is 1. The quantitative estimate of drug-likeness (QED) is 0.584. The largest absolute Gasteiger partial charge is 0.334 e. The molecule has 2 heterocycles. The second kappa shape index (κ2) is 6.72. The second-order valence-corrected chi connectivity index (χ2v) is 6.83. The normalized spacial score (nSPS) is 11.9. The molecule has 0 atom stereocenters. The minimum absolute atomic E-state index is 0.0841. The molecule has 2 aromatic carbocycles. The molecule has 0 aliphatic carbocycles. The van der Waals surface area contributed by atoms with Gasteiger partial charge in [-0.3, -0.25) is 4.57 Å². The summed E-state index contributed by atoms with van der Waals surface area (Å²) >= 11 is 0. The molecule has 1 N–H and O–H groups in total. The first kappa shape index (κ1) is 17.0. The lowest BCUT2D eigenvalue weighted by molar-refractivity contribution is 0.411. The molecule has 0 unspecified atom stereocenters. The number of aromatic amines is 1. The Balaban J connectivity index is 1.63. The van der Waals surface area contributed by atoms with Crippen LogP contribution in [0.15, 0.2) is 51.8 Å². The van der Waals surface area contributed by atoms with E-state index < -0.39 is 0 Å². The summed E-state index contributed by atoms with van der Waals surface area (Å²) in [6.45, 7) is 6.01. The standard InChI is InChI=1S/C21H20N4O2/c1-13(2)25-18-10-9-16(12-17(18)22-21(25)26)20-23-19(27-24-20)11-8-15-6-4-14(3)5-7-15/h4-13H,1-3H3,(H,22,26). The van der Waals surface area contributed by atoms with E-state index in [9.17, 15) is 4.79 Å². The van der Waals surface area contributed by atoms with Crippen LogP contribution >= 0.6 is 0 Å². The highest BCUT2D eigenvalue weighted by molar-refractivity contribution is 5.81. The zero-order valence-electron chi connectivity index (χ0n) is 15.4. The molecule has 0 aliphatic heterocycles. The van der Waals surface area contributed by atoms with Crippen LogP contribution in [0.5, 0.6) is 0 Å². The van der Waals surface area contributed by atoms with Crippen molar-refractivity contribution in [1.29, 1.82) is 0 Å². The van der Waals surface area contributed by atoms with E-state index in [1.54, 1.807) is 10.6 Å². The second-order valence-electron chi connectivity index (χ2n) is 6.83. The number of fused-ring (bicyclic) bond motifs is 1. The number of nitrogens with one attached hydrogen (secondary N) is 1. The van der Waals surface area contributed by atoms with E-state index in [2.05, 4.69) is 34.2 Å². The van der Waals surface area contributed by atoms with Crippen LogP contribution in [0, 0.1) is 6.92 Å². The zero-order valence-corrected chi connectivity index (χ0v) is 15.4. The lowest BCUT2D eigenvalue weighted by Gasteiger charge is -2.06. The van der Waals surface area contributed by atoms with Gasteiger partial charge in [0.2, 0.25) is 5.82 Å². The Morgan fingerprint density at radius 1 is 1.11 bits per heavy atom. The molecule has 0 spiro atoms. The first-order valence-electron chi connectivity index (χ1n) is 8.84. The SMILES string of the molecule is Cc1ccc(C=Cc2nc(-c3ccc4c(c3)[nH]c(=O)n4C(C)C)no2)cc1. The first-order chi connectivity index (χ1) is 13.0. The first-order valence-corrected chi connectivity index (χ1v) is 8.84. The van der Waals surface area contributed by atoms with Crippen molar-refractivity contribution < 1.29 is 4.52 Å². The van der Waals surface area contributed by atoms with Gasteiger partial charge in [-0.15, -0.1) is 0 Å². The number of hydrogen-bond donors (Lipinski definition) is 1. The Morgan fingerprint density at radius 2 is 1.89 bits per heavy atom. The summed E-state index contributed by atoms with van der Waals surface area (Å²) in [5.41, 5.74) is 4.57. The van der Waals surface area contributed by atoms with Gasteiger partial charge in [0, 0.05) is 17.7 Å². The van der Waals surface area contributed by atoms with Gasteiger partial charge in [-0.25, -0.2) is 4.79 Å². The molecule has 0 bridgehead atoms. The van der Waals surface area contributed by atoms with Crippen LogP contribution in [-0.2, 0) is 0 Å². The number of rotatable bonds is 4. The van der Waals surface area contributed by atoms with Gasteiger partial charge >= 0.3 is 5.69 Å². The molecule has 0 radical (unpaired) electrons. The lowest BCUT2D eigenvalue weighted by Crippen LogP contribution is -2.18. The summed E-state index contributed by atoms with van der Waals surface area (Å²) in [6, 6.07) is 13.9. The van der Waals surface area contributed by atoms with Gasteiger partial charge in [0.05, 0.1) is 11.0 Å². The molecule has 0 saturated heterocycles. The summed E-state index contributed by atoms with van der Waals surface area (Å²) in [5, 5.41) is 4.05. The Bertz CT molecular complexity index is 1180. The maximum atomic E-state index is 12.1. The van der Waals surface area contributed by atoms with Crippen LogP contribution in [0.25, 0.3) is 34.6 Å². The van der Waals surface area contributed by atoms with Crippen molar-refractivity contribution in [3.8, 4) is 11.4 Å². The van der Waals surface area contributed by atoms with Crippen molar-refractivity contribution in [3.63, 3.8) is 0 Å². The highest BCUT2D eigenvalue weighted by Crippen LogP contribution is 2.22. The van der Waals surface area contributed by atoms with E-state index in [4.69, 9.17) is 4.52 Å². The number of nitrogens with zero attached hydrogens (tertiary/aromatic N) is 3. The van der Waals surface area contributed by atoms with E-state index in [1.165, 1.54) is 5.56 Å². The van der Waals surface area contributed by atoms with E-state index in [0.29, 0.717) is 11.7 Å². The number of aryl methyl sites for hydroxylation is 1. The van der Waals surface area contributed by atoms with Crippen molar-refractivity contribution in [3.05, 3.63) is 70.0 Å². The monoisotopic (exact) mass is 360 g/mol. The molecule has 0 fully saturated rings. The van der Waals surface area contributed by atoms with Gasteiger partial charge in [-0.2, -0.15) is 4.98 Å². The Morgan fingerprint density at radius 3 is 2.63 bits per heavy atom. The van der Waals surface area contributed by atoms with Crippen molar-refractivity contribution in [2.75, 3.05) is 0 Å². The Hall–Kier alpha value is -3.41. The molecule has 6 nitrogen and oxygen atoms in total. The van der Waals surface area contributed by atoms with Gasteiger partial charge in [0.25, 0.3) is 5.89 Å². The summed E-state index contributed by atoms with van der Waals surface area (Å²) < 4.78 is 7.05. The van der Waals surface area contributed by atoms with E-state index in [1.807, 2.05) is 50.3 Å². The van der Waals surface area contributed by atoms with Gasteiger partial charge in [-0.1, -0.05) is 35.0 Å². The molecule has 6 heteroatoms. The van der Waals surface area contributed by atoms with Crippen LogP contribution in [0.4, 0.5) is 0 Å². The molecule has 0 aliphatic rings. The average molecular weight is 360 g/mol. The van der Waals surface area contributed by atoms with Crippen LogP contribution in [0.1, 0.15) is 36.9 Å². The smallest absolute Gasteiger partial charge is 0.326 e. The number of aromatic nitrogens is 4. The van der Waals surface area contributed by atoms with Gasteiger partial charge in [0.15, 0.2) is 0 Å². The van der Waals surface area contributed by atoms with Crippen LogP contribution in [0.3, 0.4) is 0 Å². The molecule has 4 aromatic rings. The number of benzene rings is 2. The van der Waals surface area contributed by atoms with E-state index in [0.717, 1.165) is 22.2 Å². The van der Waals surface area contributed by atoms with Crippen molar-refractivity contribution in [2.24, 2.45) is 0 Å². The van der Waals surface area contributed by atoms with Crippen LogP contribution < -0.4 is 5.69 Å². The van der Waals surface area contributed by atoms with Crippen molar-refractivity contribution in [1.82, 2.24) is 19.7 Å². The van der Waals surface area contributed by atoms with Crippen LogP contribution in [-0.4, -0.2) is 19.7 Å². The maximum absolute atomic E-state index is 12.1. The fraction of sp³-hybridized carbons (Fsp3) is 0.190. The molecule has 0 saturated carbocycles. The molecule has 0 amide bonds. The summed E-state index contributed by atoms with van der Waals surface area (Å²) in [4.78, 5) is 19.4. The lowest BCUT2D eigenvalue weighted by atomic mass is 10.1. The Labute approximate surface area is 156 Å². The third kappa shape index (κ3) is 3.33. The van der Waals surface area contributed by atoms with E-state index in [-0.39, 0.29) is 11.7 Å². The van der Waals surface area contributed by atoms with Crippen molar-refractivity contribution in [2.45, 2.75) is 26.8 Å².